The van der Waals surface area contributed by atoms with Gasteiger partial charge in [-0.1, -0.05) is 0 Å². The molecule has 0 aromatic carbocycles. The first-order valence-corrected chi connectivity index (χ1v) is 4.37. The third-order valence-electron chi connectivity index (χ3n) is 0.948. The SMILES string of the molecule is O=Cc1ncc(Br)cc1I. The van der Waals surface area contributed by atoms with Gasteiger partial charge in [-0.15, -0.1) is 0 Å². The summed E-state index contributed by atoms with van der Waals surface area (Å²) >= 11 is 5.30. The fourth-order valence-corrected chi connectivity index (χ4v) is 1.87. The Kier molecular flexibility index (Phi) is 2.79. The molecule has 0 bridgehead atoms. The average molecular weight is 312 g/mol. The van der Waals surface area contributed by atoms with Gasteiger partial charge in [-0.3, -0.25) is 9.78 Å². The van der Waals surface area contributed by atoms with E-state index in [9.17, 15) is 4.79 Å². The van der Waals surface area contributed by atoms with Crippen molar-refractivity contribution in [1.82, 2.24) is 4.98 Å². The standard InChI is InChI=1S/C6H3BrINO/c7-4-1-5(8)6(3-10)9-2-4/h1-3H. The molecule has 0 unspecified atom stereocenters. The maximum atomic E-state index is 10.3. The molecule has 0 aliphatic rings. The van der Waals surface area contributed by atoms with Crippen molar-refractivity contribution in [3.63, 3.8) is 0 Å². The van der Waals surface area contributed by atoms with Crippen LogP contribution in [0.1, 0.15) is 10.5 Å². The summed E-state index contributed by atoms with van der Waals surface area (Å²) < 4.78 is 1.75. The molecular formula is C6H3BrINO. The number of hydrogen-bond acceptors (Lipinski definition) is 2. The van der Waals surface area contributed by atoms with E-state index in [-0.39, 0.29) is 0 Å². The predicted octanol–water partition coefficient (Wildman–Crippen LogP) is 2.26. The first-order chi connectivity index (χ1) is 4.74. The second-order valence-electron chi connectivity index (χ2n) is 1.64. The molecule has 0 radical (unpaired) electrons. The van der Waals surface area contributed by atoms with E-state index in [0.29, 0.717) is 5.69 Å². The highest BCUT2D eigenvalue weighted by Gasteiger charge is 1.98. The van der Waals surface area contributed by atoms with Crippen molar-refractivity contribution in [3.8, 4) is 0 Å². The zero-order valence-corrected chi connectivity index (χ0v) is 8.59. The molecule has 2 nitrogen and oxygen atoms in total. The summed E-state index contributed by atoms with van der Waals surface area (Å²) in [5.41, 5.74) is 0.490. The van der Waals surface area contributed by atoms with Crippen LogP contribution in [0.15, 0.2) is 16.7 Å². The minimum atomic E-state index is 0.490. The normalized spacial score (nSPS) is 9.40. The minimum absolute atomic E-state index is 0.490. The largest absolute Gasteiger partial charge is 0.296 e. The lowest BCUT2D eigenvalue weighted by molar-refractivity contribution is 0.111. The van der Waals surface area contributed by atoms with E-state index < -0.39 is 0 Å². The molecule has 10 heavy (non-hydrogen) atoms. The Balaban J connectivity index is 3.19. The van der Waals surface area contributed by atoms with Gasteiger partial charge in [-0.25, -0.2) is 0 Å². The molecular weight excluding hydrogens is 309 g/mol. The third-order valence-corrected chi connectivity index (χ3v) is 2.25. The number of carbonyl (C=O) groups is 1. The Morgan fingerprint density at radius 2 is 2.40 bits per heavy atom. The van der Waals surface area contributed by atoms with Crippen molar-refractivity contribution in [1.29, 1.82) is 0 Å². The second-order valence-corrected chi connectivity index (χ2v) is 3.72. The smallest absolute Gasteiger partial charge is 0.169 e. The first kappa shape index (κ1) is 8.13. The van der Waals surface area contributed by atoms with Gasteiger partial charge in [0, 0.05) is 14.2 Å². The summed E-state index contributed by atoms with van der Waals surface area (Å²) in [4.78, 5) is 14.1. The number of aldehydes is 1. The molecule has 0 aliphatic heterocycles. The number of halogens is 2. The second kappa shape index (κ2) is 3.43. The van der Waals surface area contributed by atoms with Gasteiger partial charge in [0.15, 0.2) is 6.29 Å². The molecule has 0 amide bonds. The quantitative estimate of drug-likeness (QED) is 0.588. The van der Waals surface area contributed by atoms with E-state index in [1.54, 1.807) is 6.20 Å². The fourth-order valence-electron chi connectivity index (χ4n) is 0.512. The van der Waals surface area contributed by atoms with Crippen LogP contribution >= 0.6 is 38.5 Å². The number of pyridine rings is 1. The molecule has 0 atom stereocenters. The monoisotopic (exact) mass is 311 g/mol. The Morgan fingerprint density at radius 1 is 1.70 bits per heavy atom. The third kappa shape index (κ3) is 1.76. The van der Waals surface area contributed by atoms with Crippen molar-refractivity contribution in [2.75, 3.05) is 0 Å². The van der Waals surface area contributed by atoms with E-state index in [1.165, 1.54) is 0 Å². The molecule has 0 fully saturated rings. The lowest BCUT2D eigenvalue weighted by Crippen LogP contribution is -1.89. The van der Waals surface area contributed by atoms with Gasteiger partial charge in [-0.2, -0.15) is 0 Å². The molecule has 1 aromatic rings. The molecule has 0 saturated carbocycles. The van der Waals surface area contributed by atoms with Crippen LogP contribution in [0, 0.1) is 3.57 Å². The maximum absolute atomic E-state index is 10.3. The lowest BCUT2D eigenvalue weighted by atomic mass is 10.4. The molecule has 1 heterocycles. The van der Waals surface area contributed by atoms with Gasteiger partial charge in [0.2, 0.25) is 0 Å². The number of carbonyl (C=O) groups excluding carboxylic acids is 1. The van der Waals surface area contributed by atoms with E-state index in [0.717, 1.165) is 14.3 Å². The Bertz CT molecular complexity index is 264. The topological polar surface area (TPSA) is 30.0 Å². The van der Waals surface area contributed by atoms with Gasteiger partial charge < -0.3 is 0 Å². The van der Waals surface area contributed by atoms with Crippen LogP contribution in [0.2, 0.25) is 0 Å². The summed E-state index contributed by atoms with van der Waals surface area (Å²) in [7, 11) is 0. The minimum Gasteiger partial charge on any atom is -0.296 e. The molecule has 0 saturated heterocycles. The van der Waals surface area contributed by atoms with Gasteiger partial charge in [0.1, 0.15) is 5.69 Å². The van der Waals surface area contributed by atoms with Gasteiger partial charge in [0.25, 0.3) is 0 Å². The average Bonchev–Trinajstić information content (AvgIpc) is 1.88. The van der Waals surface area contributed by atoms with Crippen LogP contribution in [-0.2, 0) is 0 Å². The Labute approximate surface area is 80.3 Å². The summed E-state index contributed by atoms with van der Waals surface area (Å²) in [5, 5.41) is 0. The molecule has 1 aromatic heterocycles. The van der Waals surface area contributed by atoms with Crippen molar-refractivity contribution < 1.29 is 4.79 Å². The molecule has 0 aliphatic carbocycles. The van der Waals surface area contributed by atoms with E-state index >= 15 is 0 Å². The van der Waals surface area contributed by atoms with Crippen molar-refractivity contribution >= 4 is 44.8 Å². The molecule has 0 spiro atoms. The van der Waals surface area contributed by atoms with Crippen LogP contribution in [0.5, 0.6) is 0 Å². The van der Waals surface area contributed by atoms with Crippen molar-refractivity contribution in [3.05, 3.63) is 26.0 Å². The summed E-state index contributed by atoms with van der Waals surface area (Å²) in [5.74, 6) is 0. The Morgan fingerprint density at radius 3 is 2.90 bits per heavy atom. The summed E-state index contributed by atoms with van der Waals surface area (Å²) in [6.45, 7) is 0. The van der Waals surface area contributed by atoms with E-state index in [1.807, 2.05) is 6.07 Å². The van der Waals surface area contributed by atoms with Crippen LogP contribution in [0.25, 0.3) is 0 Å². The molecule has 0 N–H and O–H groups in total. The molecule has 52 valence electrons. The van der Waals surface area contributed by atoms with Gasteiger partial charge in [-0.05, 0) is 44.6 Å². The van der Waals surface area contributed by atoms with Crippen molar-refractivity contribution in [2.45, 2.75) is 0 Å². The number of nitrogens with zero attached hydrogens (tertiary/aromatic N) is 1. The van der Waals surface area contributed by atoms with Crippen LogP contribution < -0.4 is 0 Å². The lowest BCUT2D eigenvalue weighted by Gasteiger charge is -1.93. The highest BCUT2D eigenvalue weighted by molar-refractivity contribution is 14.1. The first-order valence-electron chi connectivity index (χ1n) is 2.50. The number of rotatable bonds is 1. The summed E-state index contributed by atoms with van der Waals surface area (Å²) in [6.07, 6.45) is 2.35. The summed E-state index contributed by atoms with van der Waals surface area (Å²) in [6, 6.07) is 1.84. The van der Waals surface area contributed by atoms with Crippen LogP contribution in [0.3, 0.4) is 0 Å². The maximum Gasteiger partial charge on any atom is 0.169 e. The highest BCUT2D eigenvalue weighted by atomic mass is 127. The molecule has 1 rings (SSSR count). The number of aromatic nitrogens is 1. The predicted molar refractivity (Wildman–Crippen MR) is 50.0 cm³/mol. The molecule has 4 heteroatoms. The number of hydrogen-bond donors (Lipinski definition) is 0. The fraction of sp³-hybridized carbons (Fsp3) is 0. The van der Waals surface area contributed by atoms with E-state index in [2.05, 4.69) is 43.5 Å². The van der Waals surface area contributed by atoms with Crippen molar-refractivity contribution in [2.24, 2.45) is 0 Å². The van der Waals surface area contributed by atoms with Gasteiger partial charge >= 0.3 is 0 Å². The van der Waals surface area contributed by atoms with Crippen LogP contribution in [-0.4, -0.2) is 11.3 Å². The zero-order valence-electron chi connectivity index (χ0n) is 4.84. The Hall–Kier alpha value is 0.0300. The zero-order chi connectivity index (χ0) is 7.56. The van der Waals surface area contributed by atoms with E-state index in [4.69, 9.17) is 0 Å². The highest BCUT2D eigenvalue weighted by Crippen LogP contribution is 2.14. The van der Waals surface area contributed by atoms with Gasteiger partial charge in [0.05, 0.1) is 0 Å². The van der Waals surface area contributed by atoms with Crippen LogP contribution in [0.4, 0.5) is 0 Å².